The molecular weight excluding hydrogens is 440 g/mol. The zero-order valence-corrected chi connectivity index (χ0v) is 20.2. The van der Waals surface area contributed by atoms with Gasteiger partial charge in [-0.1, -0.05) is 12.1 Å². The Bertz CT molecular complexity index is 1250. The van der Waals surface area contributed by atoms with E-state index >= 15 is 0 Å². The number of nitrogens with zero attached hydrogens (tertiary/aromatic N) is 4. The van der Waals surface area contributed by atoms with Crippen LogP contribution in [0.25, 0.3) is 22.2 Å². The number of benzene rings is 2. The number of rotatable bonds is 7. The number of ether oxygens (including phenoxy) is 1. The summed E-state index contributed by atoms with van der Waals surface area (Å²) in [6, 6.07) is 16.5. The van der Waals surface area contributed by atoms with Gasteiger partial charge in [0.15, 0.2) is 0 Å². The molecule has 0 bridgehead atoms. The largest absolute Gasteiger partial charge is 0.494 e. The highest BCUT2D eigenvalue weighted by molar-refractivity contribution is 5.97. The van der Waals surface area contributed by atoms with Crippen LogP contribution in [-0.2, 0) is 0 Å². The van der Waals surface area contributed by atoms with E-state index in [4.69, 9.17) is 9.84 Å². The Balaban J connectivity index is 1.47. The molecule has 1 aliphatic carbocycles. The molecule has 182 valence electrons. The maximum Gasteiger partial charge on any atom is 0.253 e. The summed E-state index contributed by atoms with van der Waals surface area (Å²) in [7, 11) is 0. The van der Waals surface area contributed by atoms with Gasteiger partial charge in [0.2, 0.25) is 0 Å². The number of nitriles is 1. The van der Waals surface area contributed by atoms with Gasteiger partial charge >= 0.3 is 0 Å². The fourth-order valence-electron chi connectivity index (χ4n) is 5.24. The van der Waals surface area contributed by atoms with Gasteiger partial charge in [0.05, 0.1) is 30.0 Å². The monoisotopic (exact) mass is 472 g/mol. The van der Waals surface area contributed by atoms with Crippen LogP contribution >= 0.6 is 0 Å². The van der Waals surface area contributed by atoms with Crippen molar-refractivity contribution >= 4 is 16.8 Å². The number of piperazine rings is 1. The van der Waals surface area contributed by atoms with Crippen LogP contribution in [0.4, 0.5) is 0 Å². The van der Waals surface area contributed by atoms with E-state index in [1.807, 2.05) is 48.2 Å². The summed E-state index contributed by atoms with van der Waals surface area (Å²) in [4.78, 5) is 17.1. The van der Waals surface area contributed by atoms with Crippen molar-refractivity contribution in [1.29, 1.82) is 5.26 Å². The molecule has 0 spiro atoms. The van der Waals surface area contributed by atoms with Crippen molar-refractivity contribution in [2.75, 3.05) is 45.9 Å². The van der Waals surface area contributed by atoms with E-state index in [-0.39, 0.29) is 12.5 Å². The second-order valence-electron chi connectivity index (χ2n) is 9.34. The van der Waals surface area contributed by atoms with Crippen molar-refractivity contribution in [1.82, 2.24) is 14.4 Å². The molecule has 1 saturated carbocycles. The molecular formula is C28H32N4O3. The molecule has 1 aliphatic heterocycles. The Hall–Kier alpha value is -3.34. The number of carbonyl (C=O) groups excluding carboxylic acids is 1. The van der Waals surface area contributed by atoms with Crippen molar-refractivity contribution < 1.29 is 14.6 Å². The number of amides is 1. The number of aromatic nitrogens is 1. The van der Waals surface area contributed by atoms with Gasteiger partial charge in [-0.3, -0.25) is 9.69 Å². The van der Waals surface area contributed by atoms with Gasteiger partial charge in [0.25, 0.3) is 5.91 Å². The summed E-state index contributed by atoms with van der Waals surface area (Å²) in [6.45, 7) is 6.25. The van der Waals surface area contributed by atoms with E-state index in [1.54, 1.807) is 0 Å². The highest BCUT2D eigenvalue weighted by Gasteiger charge is 2.28. The Morgan fingerprint density at radius 3 is 2.46 bits per heavy atom. The number of β-amino-alcohol motifs (C(OH)–C–C–N with tert-alkyl or cyclic N) is 1. The van der Waals surface area contributed by atoms with E-state index in [1.165, 1.54) is 6.42 Å². The van der Waals surface area contributed by atoms with Gasteiger partial charge < -0.3 is 19.3 Å². The van der Waals surface area contributed by atoms with Crippen LogP contribution in [0, 0.1) is 11.3 Å². The van der Waals surface area contributed by atoms with Gasteiger partial charge in [-0.05, 0) is 56.0 Å². The summed E-state index contributed by atoms with van der Waals surface area (Å²) in [5.41, 5.74) is 4.25. The summed E-state index contributed by atoms with van der Waals surface area (Å²) < 4.78 is 8.07. The molecule has 0 atom stereocenters. The van der Waals surface area contributed by atoms with E-state index in [9.17, 15) is 10.1 Å². The number of carbonyl (C=O) groups is 1. The molecule has 0 unspecified atom stereocenters. The molecule has 2 heterocycles. The first-order valence-corrected chi connectivity index (χ1v) is 12.6. The Labute approximate surface area is 206 Å². The third-order valence-corrected chi connectivity index (χ3v) is 7.32. The molecule has 1 amide bonds. The molecule has 35 heavy (non-hydrogen) atoms. The van der Waals surface area contributed by atoms with Crippen LogP contribution in [0.15, 0.2) is 42.5 Å². The third kappa shape index (κ3) is 4.40. The maximum absolute atomic E-state index is 13.1. The first-order valence-electron chi connectivity index (χ1n) is 12.6. The fourth-order valence-corrected chi connectivity index (χ4v) is 5.24. The maximum atomic E-state index is 13.1. The molecule has 2 fully saturated rings. The van der Waals surface area contributed by atoms with E-state index in [2.05, 4.69) is 21.6 Å². The number of fused-ring (bicyclic) bond motifs is 1. The smallest absolute Gasteiger partial charge is 0.253 e. The van der Waals surface area contributed by atoms with Crippen LogP contribution < -0.4 is 4.74 Å². The number of hydrogen-bond acceptors (Lipinski definition) is 5. The molecule has 2 aromatic carbocycles. The SMILES string of the molecule is CCOc1ccc2c(C#N)c(-c3ccc(C(=O)N4CCN(CCO)CC4)cc3)n(C3CCC3)c2c1. The lowest BCUT2D eigenvalue weighted by Crippen LogP contribution is -2.49. The molecule has 1 N–H and O–H groups in total. The molecule has 0 radical (unpaired) electrons. The molecule has 7 heteroatoms. The van der Waals surface area contributed by atoms with Crippen LogP contribution in [0.3, 0.4) is 0 Å². The van der Waals surface area contributed by atoms with Crippen LogP contribution in [0.2, 0.25) is 0 Å². The van der Waals surface area contributed by atoms with Crippen LogP contribution in [-0.4, -0.2) is 71.3 Å². The molecule has 7 nitrogen and oxygen atoms in total. The quantitative estimate of drug-likeness (QED) is 0.561. The summed E-state index contributed by atoms with van der Waals surface area (Å²) in [6.07, 6.45) is 3.38. The number of aliphatic hydroxyl groups excluding tert-OH is 1. The highest BCUT2D eigenvalue weighted by Crippen LogP contribution is 2.43. The Kier molecular flexibility index (Phi) is 6.76. The van der Waals surface area contributed by atoms with Crippen LogP contribution in [0.1, 0.15) is 48.1 Å². The average molecular weight is 473 g/mol. The van der Waals surface area contributed by atoms with Gasteiger partial charge in [0.1, 0.15) is 11.8 Å². The highest BCUT2D eigenvalue weighted by atomic mass is 16.5. The van der Waals surface area contributed by atoms with E-state index in [0.717, 1.165) is 53.8 Å². The summed E-state index contributed by atoms with van der Waals surface area (Å²) in [5.74, 6) is 0.843. The first-order chi connectivity index (χ1) is 17.1. The Morgan fingerprint density at radius 2 is 1.86 bits per heavy atom. The summed E-state index contributed by atoms with van der Waals surface area (Å²) >= 11 is 0. The number of hydrogen-bond donors (Lipinski definition) is 1. The van der Waals surface area contributed by atoms with E-state index < -0.39 is 0 Å². The molecule has 3 aromatic rings. The zero-order chi connectivity index (χ0) is 24.4. The summed E-state index contributed by atoms with van der Waals surface area (Å²) in [5, 5.41) is 20.2. The first kappa shape index (κ1) is 23.4. The topological polar surface area (TPSA) is 81.7 Å². The lowest BCUT2D eigenvalue weighted by molar-refractivity contribution is 0.0615. The van der Waals surface area contributed by atoms with Crippen molar-refractivity contribution in [3.05, 3.63) is 53.6 Å². The second-order valence-corrected chi connectivity index (χ2v) is 9.34. The molecule has 5 rings (SSSR count). The minimum atomic E-state index is 0.0293. The fraction of sp³-hybridized carbons (Fsp3) is 0.429. The van der Waals surface area contributed by atoms with Crippen molar-refractivity contribution in [2.24, 2.45) is 0 Å². The standard InChI is InChI=1S/C28H32N4O3/c1-2-35-23-10-11-24-25(19-29)27(32(26(24)18-23)22-4-3-5-22)20-6-8-21(9-7-20)28(34)31-14-12-30(13-15-31)16-17-33/h6-11,18,22,33H,2-5,12-17H2,1H3. The number of aliphatic hydroxyl groups is 1. The lowest BCUT2D eigenvalue weighted by Gasteiger charge is -2.34. The molecule has 1 aromatic heterocycles. The minimum absolute atomic E-state index is 0.0293. The van der Waals surface area contributed by atoms with Crippen molar-refractivity contribution in [3.8, 4) is 23.1 Å². The average Bonchev–Trinajstić information content (AvgIpc) is 3.17. The van der Waals surface area contributed by atoms with Crippen LogP contribution in [0.5, 0.6) is 5.75 Å². The second kappa shape index (κ2) is 10.1. The zero-order valence-electron chi connectivity index (χ0n) is 20.2. The normalized spacial score (nSPS) is 16.8. The molecule has 1 saturated heterocycles. The third-order valence-electron chi connectivity index (χ3n) is 7.32. The predicted octanol–water partition coefficient (Wildman–Crippen LogP) is 4.05. The van der Waals surface area contributed by atoms with Crippen molar-refractivity contribution in [3.63, 3.8) is 0 Å². The predicted molar refractivity (Wildman–Crippen MR) is 136 cm³/mol. The Morgan fingerprint density at radius 1 is 1.11 bits per heavy atom. The minimum Gasteiger partial charge on any atom is -0.494 e. The van der Waals surface area contributed by atoms with Crippen molar-refractivity contribution in [2.45, 2.75) is 32.2 Å². The molecule has 2 aliphatic rings. The van der Waals surface area contributed by atoms with Gasteiger partial charge in [-0.15, -0.1) is 0 Å². The van der Waals surface area contributed by atoms with Gasteiger partial charge in [0, 0.05) is 55.8 Å². The van der Waals surface area contributed by atoms with E-state index in [0.29, 0.717) is 43.4 Å². The lowest BCUT2D eigenvalue weighted by atomic mass is 9.92. The van der Waals surface area contributed by atoms with Gasteiger partial charge in [-0.2, -0.15) is 5.26 Å². The van der Waals surface area contributed by atoms with Gasteiger partial charge in [-0.25, -0.2) is 0 Å².